The fourth-order valence-electron chi connectivity index (χ4n) is 6.15. The summed E-state index contributed by atoms with van der Waals surface area (Å²) < 4.78 is 14.5. The van der Waals surface area contributed by atoms with Gasteiger partial charge in [-0.25, -0.2) is 0 Å². The zero-order valence-electron chi connectivity index (χ0n) is 21.2. The third-order valence-corrected chi connectivity index (χ3v) is 11.9. The maximum Gasteiger partial charge on any atom is 0.0921 e. The Bertz CT molecular complexity index is 1070. The van der Waals surface area contributed by atoms with Gasteiger partial charge in [-0.05, 0) is 25.7 Å². The molecule has 0 radical (unpaired) electrons. The molecule has 2 atom stereocenters. The van der Waals surface area contributed by atoms with Gasteiger partial charge < -0.3 is 9.05 Å². The van der Waals surface area contributed by atoms with Gasteiger partial charge in [0.05, 0.1) is 28.5 Å². The number of benzene rings is 4. The van der Waals surface area contributed by atoms with Gasteiger partial charge in [0.25, 0.3) is 0 Å². The third kappa shape index (κ3) is 5.32. The van der Waals surface area contributed by atoms with Gasteiger partial charge in [0.15, 0.2) is 0 Å². The van der Waals surface area contributed by atoms with Crippen molar-refractivity contribution in [1.29, 1.82) is 0 Å². The molecule has 188 valence electrons. The van der Waals surface area contributed by atoms with Crippen molar-refractivity contribution in [2.24, 2.45) is 5.41 Å². The summed E-state index contributed by atoms with van der Waals surface area (Å²) in [5, 5.41) is 5.16. The predicted octanol–water partition coefficient (Wildman–Crippen LogP) is 7.21. The fraction of sp³-hybridized carbons (Fsp3) is 0.273. The van der Waals surface area contributed by atoms with Crippen LogP contribution in [0.25, 0.3) is 0 Å². The van der Waals surface area contributed by atoms with Crippen molar-refractivity contribution < 1.29 is 9.05 Å². The Kier molecular flexibility index (Phi) is 7.82. The maximum absolute atomic E-state index is 7.24. The summed E-state index contributed by atoms with van der Waals surface area (Å²) in [5.41, 5.74) is 0.0916. The van der Waals surface area contributed by atoms with Crippen molar-refractivity contribution in [3.05, 3.63) is 121 Å². The van der Waals surface area contributed by atoms with E-state index in [1.54, 1.807) is 0 Å². The van der Waals surface area contributed by atoms with Crippen LogP contribution in [0.1, 0.15) is 38.5 Å². The van der Waals surface area contributed by atoms with E-state index < -0.39 is 16.3 Å². The molecule has 6 rings (SSSR count). The smallest absolute Gasteiger partial charge is 0.0921 e. The molecule has 2 saturated carbocycles. The van der Waals surface area contributed by atoms with E-state index in [0.29, 0.717) is 0 Å². The van der Waals surface area contributed by atoms with E-state index in [1.807, 2.05) is 0 Å². The van der Waals surface area contributed by atoms with E-state index in [0.717, 1.165) is 12.8 Å². The Hall–Kier alpha value is -2.34. The molecule has 0 bridgehead atoms. The Balaban J connectivity index is 1.31. The predicted molar refractivity (Wildman–Crippen MR) is 158 cm³/mol. The summed E-state index contributed by atoms with van der Waals surface area (Å²) in [7, 11) is -1.76. The molecule has 0 N–H and O–H groups in total. The Morgan fingerprint density at radius 1 is 0.459 bits per heavy atom. The molecule has 0 heterocycles. The first-order valence-electron chi connectivity index (χ1n) is 13.5. The van der Waals surface area contributed by atoms with Crippen molar-refractivity contribution in [2.75, 3.05) is 0 Å². The highest BCUT2D eigenvalue weighted by Crippen LogP contribution is 2.58. The van der Waals surface area contributed by atoms with Crippen molar-refractivity contribution in [3.63, 3.8) is 0 Å². The van der Waals surface area contributed by atoms with Crippen LogP contribution in [-0.2, 0) is 9.05 Å². The standard InChI is InChI=1S/C33H34O2P2/c1-5-15-27(16-6-1)36(28-17-7-2-8-18-28)34-31-23-13-25-33(31)26-14-24-32(33)35-37(29-19-9-3-10-20-29)30-21-11-4-12-22-30/h1-12,15-22,31-32H,13-14,23-26H2/t31-,32-,33?/m1/s1. The molecule has 4 heteroatoms. The summed E-state index contributed by atoms with van der Waals surface area (Å²) in [6.45, 7) is 0. The van der Waals surface area contributed by atoms with E-state index in [4.69, 9.17) is 9.05 Å². The molecule has 0 aliphatic heterocycles. The normalized spacial score (nSPS) is 20.7. The highest BCUT2D eigenvalue weighted by atomic mass is 31.1. The second-order valence-electron chi connectivity index (χ2n) is 10.1. The van der Waals surface area contributed by atoms with Crippen molar-refractivity contribution >= 4 is 37.5 Å². The van der Waals surface area contributed by atoms with Crippen LogP contribution in [0, 0.1) is 5.41 Å². The lowest BCUT2D eigenvalue weighted by Crippen LogP contribution is -2.41. The van der Waals surface area contributed by atoms with Crippen LogP contribution in [0.5, 0.6) is 0 Å². The van der Waals surface area contributed by atoms with Gasteiger partial charge in [0, 0.05) is 26.6 Å². The summed E-state index contributed by atoms with van der Waals surface area (Å²) >= 11 is 0. The molecule has 2 aliphatic carbocycles. The van der Waals surface area contributed by atoms with Gasteiger partial charge in [-0.3, -0.25) is 0 Å². The molecule has 4 aromatic carbocycles. The van der Waals surface area contributed by atoms with E-state index in [1.165, 1.54) is 46.9 Å². The van der Waals surface area contributed by atoms with E-state index in [2.05, 4.69) is 121 Å². The van der Waals surface area contributed by atoms with Gasteiger partial charge in [-0.1, -0.05) is 134 Å². The monoisotopic (exact) mass is 524 g/mol. The molecule has 0 amide bonds. The minimum atomic E-state index is -0.881. The maximum atomic E-state index is 7.24. The lowest BCUT2D eigenvalue weighted by Gasteiger charge is -2.40. The van der Waals surface area contributed by atoms with Crippen LogP contribution in [0.3, 0.4) is 0 Å². The molecule has 1 spiro atoms. The molecule has 4 aromatic rings. The summed E-state index contributed by atoms with van der Waals surface area (Å²) in [4.78, 5) is 0. The Labute approximate surface area is 223 Å². The first kappa shape index (κ1) is 25.0. The second kappa shape index (κ2) is 11.6. The zero-order chi connectivity index (χ0) is 24.9. The van der Waals surface area contributed by atoms with E-state index >= 15 is 0 Å². The minimum absolute atomic E-state index is 0.0916. The third-order valence-electron chi connectivity index (χ3n) is 7.93. The fourth-order valence-corrected chi connectivity index (χ4v) is 10.1. The number of hydrogen-bond donors (Lipinski definition) is 0. The molecule has 0 saturated heterocycles. The van der Waals surface area contributed by atoms with Gasteiger partial charge in [-0.2, -0.15) is 0 Å². The summed E-state index contributed by atoms with van der Waals surface area (Å²) in [6.07, 6.45) is 7.49. The van der Waals surface area contributed by atoms with Crippen LogP contribution in [0.15, 0.2) is 121 Å². The first-order valence-corrected chi connectivity index (χ1v) is 16.0. The average molecular weight is 525 g/mol. The molecule has 2 aliphatic rings. The number of rotatable bonds is 8. The molecule has 2 fully saturated rings. The molecule has 2 nitrogen and oxygen atoms in total. The molecule has 0 unspecified atom stereocenters. The minimum Gasteiger partial charge on any atom is -0.346 e. The van der Waals surface area contributed by atoms with Crippen LogP contribution in [0.2, 0.25) is 0 Å². The summed E-state index contributed by atoms with van der Waals surface area (Å²) in [5.74, 6) is 0. The van der Waals surface area contributed by atoms with Gasteiger partial charge in [-0.15, -0.1) is 0 Å². The topological polar surface area (TPSA) is 18.5 Å². The van der Waals surface area contributed by atoms with Crippen LogP contribution < -0.4 is 21.2 Å². The lowest BCUT2D eigenvalue weighted by atomic mass is 9.80. The summed E-state index contributed by atoms with van der Waals surface area (Å²) in [6, 6.07) is 43.3. The SMILES string of the molecule is c1ccc(P(O[C@@H]2CCCC23CCC[C@H]3OP(c2ccccc2)c2ccccc2)c2ccccc2)cc1. The van der Waals surface area contributed by atoms with Crippen molar-refractivity contribution in [2.45, 2.75) is 50.7 Å². The molecular formula is C33H34O2P2. The second-order valence-corrected chi connectivity index (χ2v) is 13.8. The van der Waals surface area contributed by atoms with E-state index in [9.17, 15) is 0 Å². The van der Waals surface area contributed by atoms with Gasteiger partial charge in [0.2, 0.25) is 0 Å². The van der Waals surface area contributed by atoms with E-state index in [-0.39, 0.29) is 17.6 Å². The quantitative estimate of drug-likeness (QED) is 0.227. The largest absolute Gasteiger partial charge is 0.346 e. The molecule has 0 aromatic heterocycles. The van der Waals surface area contributed by atoms with Crippen molar-refractivity contribution in [3.8, 4) is 0 Å². The van der Waals surface area contributed by atoms with Crippen LogP contribution in [0.4, 0.5) is 0 Å². The first-order chi connectivity index (χ1) is 18.3. The Morgan fingerprint density at radius 2 is 0.757 bits per heavy atom. The average Bonchev–Trinajstić information content (AvgIpc) is 3.58. The molecule has 37 heavy (non-hydrogen) atoms. The van der Waals surface area contributed by atoms with Gasteiger partial charge in [0.1, 0.15) is 0 Å². The highest BCUT2D eigenvalue weighted by molar-refractivity contribution is 7.68. The zero-order valence-corrected chi connectivity index (χ0v) is 22.9. The lowest BCUT2D eigenvalue weighted by molar-refractivity contribution is 0.00841. The van der Waals surface area contributed by atoms with Gasteiger partial charge >= 0.3 is 0 Å². The van der Waals surface area contributed by atoms with Crippen LogP contribution in [-0.4, -0.2) is 12.2 Å². The van der Waals surface area contributed by atoms with Crippen molar-refractivity contribution in [1.82, 2.24) is 0 Å². The number of hydrogen-bond acceptors (Lipinski definition) is 2. The molecular weight excluding hydrogens is 490 g/mol. The highest BCUT2D eigenvalue weighted by Gasteiger charge is 2.54. The van der Waals surface area contributed by atoms with Crippen LogP contribution >= 0.6 is 16.3 Å². The Morgan fingerprint density at radius 3 is 1.05 bits per heavy atom.